The van der Waals surface area contributed by atoms with E-state index in [2.05, 4.69) is 0 Å². The van der Waals surface area contributed by atoms with Crippen LogP contribution < -0.4 is 10.3 Å². The van der Waals surface area contributed by atoms with Crippen molar-refractivity contribution >= 4 is 27.6 Å². The molecule has 2 aromatic heterocycles. The second kappa shape index (κ2) is 4.96. The molecule has 0 N–H and O–H groups in total. The minimum Gasteiger partial charge on any atom is -0.497 e. The Morgan fingerprint density at radius 2 is 1.72 bits per heavy atom. The summed E-state index contributed by atoms with van der Waals surface area (Å²) in [5.74, 6) is 0.814. The van der Waals surface area contributed by atoms with Crippen molar-refractivity contribution in [1.82, 2.24) is 9.03 Å². The van der Waals surface area contributed by atoms with Crippen molar-refractivity contribution in [3.8, 4) is 5.75 Å². The van der Waals surface area contributed by atoms with Gasteiger partial charge in [0.2, 0.25) is 0 Å². The Morgan fingerprint density at radius 1 is 0.920 bits per heavy atom. The van der Waals surface area contributed by atoms with Gasteiger partial charge < -0.3 is 4.74 Å². The van der Waals surface area contributed by atoms with Crippen molar-refractivity contribution in [2.45, 2.75) is 19.3 Å². The van der Waals surface area contributed by atoms with Crippen LogP contribution >= 0.6 is 0 Å². The van der Waals surface area contributed by atoms with Crippen molar-refractivity contribution in [1.29, 1.82) is 0 Å². The Bertz CT molecular complexity index is 1250. The first-order chi connectivity index (χ1) is 12.2. The van der Waals surface area contributed by atoms with Gasteiger partial charge in [-0.1, -0.05) is 12.1 Å². The van der Waals surface area contributed by atoms with Gasteiger partial charge >= 0.3 is 0 Å². The van der Waals surface area contributed by atoms with Crippen LogP contribution in [0, 0.1) is 0 Å². The van der Waals surface area contributed by atoms with E-state index >= 15 is 0 Å². The molecular weight excluding hydrogens is 316 g/mol. The first-order valence-electron chi connectivity index (χ1n) is 8.39. The fraction of sp³-hybridized carbons (Fsp3) is 0.200. The van der Waals surface area contributed by atoms with Crippen LogP contribution in [0.2, 0.25) is 0 Å². The first kappa shape index (κ1) is 14.3. The molecule has 0 aliphatic heterocycles. The maximum Gasteiger partial charge on any atom is 0.279 e. The normalized spacial score (nSPS) is 14.4. The molecular formula is C20H16N2O3. The standard InChI is InChI=1S/C20H16N2O3/c1-25-12-9-10-16-14(11-12)19-17(7-4-8-18(19)23)21-15-6-3-2-5-13(15)20(24)22(16)21/h2-3,5-6,9-11H,4,7-8H2,1H3. The van der Waals surface area contributed by atoms with Gasteiger partial charge in [-0.25, -0.2) is 9.03 Å². The van der Waals surface area contributed by atoms with Crippen LogP contribution in [0.15, 0.2) is 47.3 Å². The molecule has 0 spiro atoms. The van der Waals surface area contributed by atoms with E-state index in [1.807, 2.05) is 47.0 Å². The molecule has 124 valence electrons. The summed E-state index contributed by atoms with van der Waals surface area (Å²) in [6.45, 7) is 0. The minimum atomic E-state index is -0.0633. The van der Waals surface area contributed by atoms with E-state index < -0.39 is 0 Å². The molecule has 0 radical (unpaired) electrons. The molecule has 0 saturated carbocycles. The number of nitrogens with zero attached hydrogens (tertiary/aromatic N) is 2. The molecule has 5 rings (SSSR count). The second-order valence-electron chi connectivity index (χ2n) is 6.43. The van der Waals surface area contributed by atoms with E-state index in [-0.39, 0.29) is 11.3 Å². The third-order valence-corrected chi connectivity index (χ3v) is 5.10. The summed E-state index contributed by atoms with van der Waals surface area (Å²) >= 11 is 0. The van der Waals surface area contributed by atoms with Gasteiger partial charge in [0.15, 0.2) is 5.78 Å². The van der Waals surface area contributed by atoms with E-state index in [0.29, 0.717) is 17.6 Å². The Morgan fingerprint density at radius 3 is 2.56 bits per heavy atom. The zero-order valence-corrected chi connectivity index (χ0v) is 13.8. The number of ether oxygens (including phenoxy) is 1. The van der Waals surface area contributed by atoms with Gasteiger partial charge in [-0.3, -0.25) is 9.59 Å². The van der Waals surface area contributed by atoms with Gasteiger partial charge in [0, 0.05) is 17.4 Å². The molecule has 0 amide bonds. The average Bonchev–Trinajstić information content (AvgIpc) is 2.95. The average molecular weight is 332 g/mol. The van der Waals surface area contributed by atoms with Crippen molar-refractivity contribution in [3.05, 3.63) is 64.1 Å². The van der Waals surface area contributed by atoms with Gasteiger partial charge in [-0.05, 0) is 43.2 Å². The Labute approximate surface area is 143 Å². The lowest BCUT2D eigenvalue weighted by atomic mass is 9.92. The lowest BCUT2D eigenvalue weighted by molar-refractivity contribution is 0.0972. The van der Waals surface area contributed by atoms with Crippen LogP contribution in [0.3, 0.4) is 0 Å². The topological polar surface area (TPSA) is 52.2 Å². The summed E-state index contributed by atoms with van der Waals surface area (Å²) in [4.78, 5) is 25.8. The molecule has 4 aromatic rings. The largest absolute Gasteiger partial charge is 0.497 e. The van der Waals surface area contributed by atoms with E-state index in [0.717, 1.165) is 40.5 Å². The molecule has 0 bridgehead atoms. The lowest BCUT2D eigenvalue weighted by Gasteiger charge is -2.21. The molecule has 0 atom stereocenters. The molecule has 5 nitrogen and oxygen atoms in total. The number of carbonyl (C=O) groups is 1. The lowest BCUT2D eigenvalue weighted by Crippen LogP contribution is -2.22. The molecule has 0 fully saturated rings. The number of fused-ring (bicyclic) bond motifs is 8. The van der Waals surface area contributed by atoms with Crippen LogP contribution in [0.25, 0.3) is 21.8 Å². The van der Waals surface area contributed by atoms with Crippen molar-refractivity contribution in [2.75, 3.05) is 7.11 Å². The molecule has 25 heavy (non-hydrogen) atoms. The smallest absolute Gasteiger partial charge is 0.279 e. The van der Waals surface area contributed by atoms with Gasteiger partial charge in [0.1, 0.15) is 5.75 Å². The minimum absolute atomic E-state index is 0.0633. The van der Waals surface area contributed by atoms with Crippen LogP contribution in [0.1, 0.15) is 28.9 Å². The van der Waals surface area contributed by atoms with Crippen LogP contribution in [0.4, 0.5) is 0 Å². The van der Waals surface area contributed by atoms with Gasteiger partial charge in [0.25, 0.3) is 5.56 Å². The van der Waals surface area contributed by atoms with Crippen LogP contribution in [-0.2, 0) is 6.42 Å². The van der Waals surface area contributed by atoms with E-state index in [1.165, 1.54) is 0 Å². The number of methoxy groups -OCH3 is 1. The highest BCUT2D eigenvalue weighted by atomic mass is 16.5. The monoisotopic (exact) mass is 332 g/mol. The summed E-state index contributed by atoms with van der Waals surface area (Å²) < 4.78 is 8.97. The number of ketones is 1. The summed E-state index contributed by atoms with van der Waals surface area (Å²) in [5.41, 5.74) is 3.15. The van der Waals surface area contributed by atoms with Gasteiger partial charge in [-0.2, -0.15) is 0 Å². The Hall–Kier alpha value is -3.08. The zero-order chi connectivity index (χ0) is 17.1. The number of carbonyl (C=O) groups excluding carboxylic acids is 1. The van der Waals surface area contributed by atoms with E-state index in [4.69, 9.17) is 4.74 Å². The molecule has 1 aliphatic rings. The summed E-state index contributed by atoms with van der Waals surface area (Å²) in [7, 11) is 1.60. The van der Waals surface area contributed by atoms with E-state index in [1.54, 1.807) is 11.6 Å². The Kier molecular flexibility index (Phi) is 2.83. The van der Waals surface area contributed by atoms with Crippen LogP contribution in [-0.4, -0.2) is 21.9 Å². The molecule has 0 unspecified atom stereocenters. The predicted octanol–water partition coefficient (Wildman–Crippen LogP) is 3.23. The third kappa shape index (κ3) is 1.78. The predicted molar refractivity (Wildman–Crippen MR) is 95.9 cm³/mol. The number of hydrogen-bond acceptors (Lipinski definition) is 3. The van der Waals surface area contributed by atoms with Gasteiger partial charge in [0.05, 0.1) is 29.2 Å². The number of para-hydroxylation sites is 1. The van der Waals surface area contributed by atoms with Crippen molar-refractivity contribution < 1.29 is 9.53 Å². The Balaban J connectivity index is 2.14. The summed E-state index contributed by atoms with van der Waals surface area (Å²) in [5, 5.41) is 1.45. The maximum absolute atomic E-state index is 13.0. The molecule has 2 heterocycles. The number of aryl methyl sites for hydroxylation is 1. The van der Waals surface area contributed by atoms with Crippen molar-refractivity contribution in [2.24, 2.45) is 0 Å². The maximum atomic E-state index is 13.0. The van der Waals surface area contributed by atoms with Crippen LogP contribution in [0.5, 0.6) is 5.75 Å². The molecule has 2 aromatic carbocycles. The summed E-state index contributed by atoms with van der Waals surface area (Å²) in [6, 6.07) is 13.1. The summed E-state index contributed by atoms with van der Waals surface area (Å²) in [6.07, 6.45) is 2.12. The van der Waals surface area contributed by atoms with Crippen molar-refractivity contribution in [3.63, 3.8) is 0 Å². The fourth-order valence-electron chi connectivity index (χ4n) is 4.01. The zero-order valence-electron chi connectivity index (χ0n) is 13.8. The fourth-order valence-corrected chi connectivity index (χ4v) is 4.01. The first-order valence-corrected chi connectivity index (χ1v) is 8.39. The highest BCUT2D eigenvalue weighted by Gasteiger charge is 2.26. The highest BCUT2D eigenvalue weighted by Crippen LogP contribution is 2.32. The third-order valence-electron chi connectivity index (χ3n) is 5.10. The quantitative estimate of drug-likeness (QED) is 0.538. The SMILES string of the molecule is COc1ccc2c(c1)c1c(n3c4ccccc4c(=O)n23)CCCC1=O. The highest BCUT2D eigenvalue weighted by molar-refractivity contribution is 6.09. The number of aromatic nitrogens is 2. The van der Waals surface area contributed by atoms with Gasteiger partial charge in [-0.15, -0.1) is 0 Å². The number of rotatable bonds is 1. The number of Topliss-reactive ketones (excluding diaryl/α,β-unsaturated/α-hetero) is 1. The molecule has 1 aliphatic carbocycles. The molecule has 5 heteroatoms. The molecule has 0 saturated heterocycles. The number of benzene rings is 2. The number of hydrogen-bond donors (Lipinski definition) is 0. The van der Waals surface area contributed by atoms with E-state index in [9.17, 15) is 9.59 Å². The second-order valence-corrected chi connectivity index (χ2v) is 6.43.